The Bertz CT molecular complexity index is 693. The summed E-state index contributed by atoms with van der Waals surface area (Å²) in [6.45, 7) is 3.52. The Labute approximate surface area is 157 Å². The molecule has 24 heavy (non-hydrogen) atoms. The Hall–Kier alpha value is -1.24. The van der Waals surface area contributed by atoms with Crippen LogP contribution in [0.25, 0.3) is 0 Å². The van der Waals surface area contributed by atoms with E-state index >= 15 is 0 Å². The minimum atomic E-state index is 0.550. The van der Waals surface area contributed by atoms with Gasteiger partial charge in [0.25, 0.3) is 0 Å². The molecule has 0 aliphatic carbocycles. The fraction of sp³-hybridized carbons (Fsp3) is 0.500. The Kier molecular flexibility index (Phi) is 7.40. The lowest BCUT2D eigenvalue weighted by Gasteiger charge is -2.12. The van der Waals surface area contributed by atoms with Gasteiger partial charge in [0.2, 0.25) is 0 Å². The van der Waals surface area contributed by atoms with E-state index in [-0.39, 0.29) is 0 Å². The van der Waals surface area contributed by atoms with Crippen LogP contribution in [0.1, 0.15) is 29.2 Å². The van der Waals surface area contributed by atoms with E-state index in [9.17, 15) is 0 Å². The highest BCUT2D eigenvalue weighted by atomic mass is 35.5. The highest BCUT2D eigenvalue weighted by molar-refractivity contribution is 7.09. The van der Waals surface area contributed by atoms with Gasteiger partial charge >= 0.3 is 0 Å². The van der Waals surface area contributed by atoms with Crippen molar-refractivity contribution in [3.05, 3.63) is 38.0 Å². The van der Waals surface area contributed by atoms with Gasteiger partial charge < -0.3 is 15.2 Å². The molecule has 0 atom stereocenters. The number of aryl methyl sites for hydroxylation is 2. The zero-order valence-corrected chi connectivity index (χ0v) is 16.5. The van der Waals surface area contributed by atoms with Gasteiger partial charge in [0.05, 0.1) is 16.6 Å². The van der Waals surface area contributed by atoms with E-state index in [4.69, 9.17) is 23.2 Å². The van der Waals surface area contributed by atoms with Crippen molar-refractivity contribution in [2.75, 3.05) is 13.6 Å². The van der Waals surface area contributed by atoms with Crippen molar-refractivity contribution in [1.29, 1.82) is 0 Å². The molecule has 2 heterocycles. The SMILES string of the molecule is CN=C(NCCCCc1nc(C)cs1)NCc1cc(Cl)c(Cl)n1C. The summed E-state index contributed by atoms with van der Waals surface area (Å²) < 4.78 is 1.86. The maximum absolute atomic E-state index is 6.07. The molecule has 0 fully saturated rings. The van der Waals surface area contributed by atoms with Crippen LogP contribution in [0.4, 0.5) is 0 Å². The molecular formula is C16H23Cl2N5S. The number of unbranched alkanes of at least 4 members (excludes halogenated alkanes) is 1. The molecule has 2 rings (SSSR count). The molecule has 8 heteroatoms. The first-order valence-corrected chi connectivity index (χ1v) is 9.50. The second kappa shape index (κ2) is 9.30. The smallest absolute Gasteiger partial charge is 0.191 e. The molecule has 2 N–H and O–H groups in total. The summed E-state index contributed by atoms with van der Waals surface area (Å²) in [6, 6.07) is 1.86. The van der Waals surface area contributed by atoms with Crippen molar-refractivity contribution < 1.29 is 0 Å². The standard InChI is InChI=1S/C16H23Cl2N5S/c1-11-10-24-14(22-11)6-4-5-7-20-16(19-2)21-9-12-8-13(17)15(18)23(12)3/h8,10H,4-7,9H2,1-3H3,(H2,19,20,21). The van der Waals surface area contributed by atoms with Gasteiger partial charge in [-0.3, -0.25) is 4.99 Å². The lowest BCUT2D eigenvalue weighted by atomic mass is 10.2. The van der Waals surface area contributed by atoms with Gasteiger partial charge in [0.1, 0.15) is 5.15 Å². The summed E-state index contributed by atoms with van der Waals surface area (Å²) in [5.74, 6) is 0.772. The second-order valence-electron chi connectivity index (χ2n) is 5.53. The fourth-order valence-corrected chi connectivity index (χ4v) is 3.51. The van der Waals surface area contributed by atoms with Crippen LogP contribution < -0.4 is 10.6 Å². The summed E-state index contributed by atoms with van der Waals surface area (Å²) >= 11 is 13.8. The topological polar surface area (TPSA) is 54.2 Å². The minimum Gasteiger partial charge on any atom is -0.356 e. The van der Waals surface area contributed by atoms with Gasteiger partial charge in [0.15, 0.2) is 5.96 Å². The number of guanidine groups is 1. The van der Waals surface area contributed by atoms with Gasteiger partial charge in [-0.25, -0.2) is 4.98 Å². The first-order chi connectivity index (χ1) is 11.5. The summed E-state index contributed by atoms with van der Waals surface area (Å²) in [7, 11) is 3.65. The number of halogens is 2. The Morgan fingerprint density at radius 1 is 1.33 bits per heavy atom. The molecule has 0 aliphatic heterocycles. The molecule has 0 radical (unpaired) electrons. The number of aromatic nitrogens is 2. The van der Waals surface area contributed by atoms with Crippen molar-refractivity contribution in [1.82, 2.24) is 20.2 Å². The quantitative estimate of drug-likeness (QED) is 0.431. The molecule has 2 aromatic heterocycles. The average molecular weight is 388 g/mol. The normalized spacial score (nSPS) is 11.8. The van der Waals surface area contributed by atoms with Crippen molar-refractivity contribution in [2.24, 2.45) is 12.0 Å². The maximum atomic E-state index is 6.07. The third-order valence-electron chi connectivity index (χ3n) is 3.65. The second-order valence-corrected chi connectivity index (χ2v) is 7.23. The zero-order valence-electron chi connectivity index (χ0n) is 14.2. The van der Waals surface area contributed by atoms with E-state index < -0.39 is 0 Å². The van der Waals surface area contributed by atoms with Gasteiger partial charge in [-0.15, -0.1) is 11.3 Å². The molecule has 0 aliphatic rings. The molecule has 0 unspecified atom stereocenters. The molecule has 2 aromatic rings. The van der Waals surface area contributed by atoms with Gasteiger partial charge in [-0.1, -0.05) is 23.2 Å². The third-order valence-corrected chi connectivity index (χ3v) is 5.52. The predicted molar refractivity (Wildman–Crippen MR) is 103 cm³/mol. The monoisotopic (exact) mass is 387 g/mol. The van der Waals surface area contributed by atoms with Crippen LogP contribution >= 0.6 is 34.5 Å². The Morgan fingerprint density at radius 2 is 2.12 bits per heavy atom. The Morgan fingerprint density at radius 3 is 2.71 bits per heavy atom. The van der Waals surface area contributed by atoms with Gasteiger partial charge in [-0.2, -0.15) is 0 Å². The Balaban J connectivity index is 1.68. The van der Waals surface area contributed by atoms with Crippen molar-refractivity contribution in [3.8, 4) is 0 Å². The number of hydrogen-bond acceptors (Lipinski definition) is 3. The highest BCUT2D eigenvalue weighted by Crippen LogP contribution is 2.24. The van der Waals surface area contributed by atoms with E-state index in [0.29, 0.717) is 16.7 Å². The molecule has 0 bridgehead atoms. The molecule has 132 valence electrons. The van der Waals surface area contributed by atoms with Crippen LogP contribution in [0.5, 0.6) is 0 Å². The summed E-state index contributed by atoms with van der Waals surface area (Å²) in [4.78, 5) is 8.71. The fourth-order valence-electron chi connectivity index (χ4n) is 2.28. The summed E-state index contributed by atoms with van der Waals surface area (Å²) in [6.07, 6.45) is 3.22. The number of rotatable bonds is 7. The van der Waals surface area contributed by atoms with Crippen LogP contribution in [0.3, 0.4) is 0 Å². The van der Waals surface area contributed by atoms with Crippen LogP contribution in [0.2, 0.25) is 10.2 Å². The first kappa shape index (κ1) is 19.1. The van der Waals surface area contributed by atoms with E-state index in [1.165, 1.54) is 5.01 Å². The number of nitrogens with zero attached hydrogens (tertiary/aromatic N) is 3. The number of nitrogens with one attached hydrogen (secondary N) is 2. The van der Waals surface area contributed by atoms with Crippen molar-refractivity contribution >= 4 is 40.5 Å². The molecule has 5 nitrogen and oxygen atoms in total. The molecule has 0 spiro atoms. The molecule has 0 saturated heterocycles. The van der Waals surface area contributed by atoms with Gasteiger partial charge in [-0.05, 0) is 32.3 Å². The van der Waals surface area contributed by atoms with Crippen LogP contribution in [-0.2, 0) is 20.0 Å². The largest absolute Gasteiger partial charge is 0.356 e. The highest BCUT2D eigenvalue weighted by Gasteiger charge is 2.09. The number of hydrogen-bond donors (Lipinski definition) is 2. The van der Waals surface area contributed by atoms with Crippen LogP contribution in [-0.4, -0.2) is 29.1 Å². The average Bonchev–Trinajstić information content (AvgIpc) is 3.09. The lowest BCUT2D eigenvalue weighted by Crippen LogP contribution is -2.37. The molecular weight excluding hydrogens is 365 g/mol. The third kappa shape index (κ3) is 5.40. The van der Waals surface area contributed by atoms with E-state index in [2.05, 4.69) is 26.0 Å². The van der Waals surface area contributed by atoms with Crippen molar-refractivity contribution in [3.63, 3.8) is 0 Å². The predicted octanol–water partition coefficient (Wildman–Crippen LogP) is 3.78. The van der Waals surface area contributed by atoms with Gasteiger partial charge in [0, 0.05) is 37.4 Å². The van der Waals surface area contributed by atoms with Crippen LogP contribution in [0.15, 0.2) is 16.4 Å². The van der Waals surface area contributed by atoms with Crippen molar-refractivity contribution in [2.45, 2.75) is 32.7 Å². The lowest BCUT2D eigenvalue weighted by molar-refractivity contribution is 0.686. The number of thiazole rings is 1. The van der Waals surface area contributed by atoms with Crippen LogP contribution in [0, 0.1) is 6.92 Å². The molecule has 0 aromatic carbocycles. The van der Waals surface area contributed by atoms with E-state index in [1.54, 1.807) is 18.4 Å². The maximum Gasteiger partial charge on any atom is 0.191 e. The van der Waals surface area contributed by atoms with E-state index in [0.717, 1.165) is 43.2 Å². The first-order valence-electron chi connectivity index (χ1n) is 7.86. The summed E-state index contributed by atoms with van der Waals surface area (Å²) in [5.41, 5.74) is 2.12. The molecule has 0 saturated carbocycles. The zero-order chi connectivity index (χ0) is 17.5. The van der Waals surface area contributed by atoms with E-state index in [1.807, 2.05) is 24.6 Å². The minimum absolute atomic E-state index is 0.550. The molecule has 0 amide bonds. The number of aliphatic imine (C=N–C) groups is 1. The summed E-state index contributed by atoms with van der Waals surface area (Å²) in [5, 5.41) is 11.0.